The van der Waals surface area contributed by atoms with E-state index in [1.54, 1.807) is 30.5 Å². The van der Waals surface area contributed by atoms with Crippen LogP contribution < -0.4 is 10.9 Å². The smallest absolute Gasteiger partial charge is 0.257 e. The van der Waals surface area contributed by atoms with Gasteiger partial charge in [-0.3, -0.25) is 9.59 Å². The van der Waals surface area contributed by atoms with Gasteiger partial charge in [-0.25, -0.2) is 4.98 Å². The first-order valence-corrected chi connectivity index (χ1v) is 7.58. The molecule has 3 N–H and O–H groups in total. The van der Waals surface area contributed by atoms with E-state index in [0.717, 1.165) is 5.56 Å². The molecule has 1 atom stereocenters. The van der Waals surface area contributed by atoms with E-state index in [0.29, 0.717) is 16.5 Å². The minimum Gasteiger partial charge on any atom is -0.508 e. The topological polar surface area (TPSA) is 95.1 Å². The Hall–Kier alpha value is -2.28. The summed E-state index contributed by atoms with van der Waals surface area (Å²) in [4.78, 5) is 31.1. The fourth-order valence-electron chi connectivity index (χ4n) is 2.44. The third kappa shape index (κ3) is 2.52. The van der Waals surface area contributed by atoms with Crippen LogP contribution >= 0.6 is 11.8 Å². The Kier molecular flexibility index (Phi) is 3.42. The predicted octanol–water partition coefficient (Wildman–Crippen LogP) is 1.67. The molecule has 1 amide bonds. The molecule has 3 rings (SSSR count). The Labute approximate surface area is 124 Å². The van der Waals surface area contributed by atoms with Crippen molar-refractivity contribution < 1.29 is 9.90 Å². The Morgan fingerprint density at radius 1 is 1.29 bits per heavy atom. The second kappa shape index (κ2) is 5.25. The quantitative estimate of drug-likeness (QED) is 0.579. The number of carbonyl (C=O) groups excluding carboxylic acids is 1. The number of benzene rings is 1. The summed E-state index contributed by atoms with van der Waals surface area (Å²) < 4.78 is 0. The van der Waals surface area contributed by atoms with Crippen LogP contribution in [0.1, 0.15) is 23.5 Å². The molecule has 1 unspecified atom stereocenters. The fourth-order valence-corrected chi connectivity index (χ4v) is 2.82. The molecular weight excluding hydrogens is 290 g/mol. The highest BCUT2D eigenvalue weighted by atomic mass is 32.2. The zero-order chi connectivity index (χ0) is 15.0. The number of nitrogens with zero attached hydrogens (tertiary/aromatic N) is 1. The molecule has 21 heavy (non-hydrogen) atoms. The normalized spacial score (nSPS) is 17.2. The van der Waals surface area contributed by atoms with Gasteiger partial charge < -0.3 is 15.4 Å². The van der Waals surface area contributed by atoms with Crippen molar-refractivity contribution in [2.24, 2.45) is 0 Å². The number of fused-ring (bicyclic) bond motifs is 1. The van der Waals surface area contributed by atoms with Crippen molar-refractivity contribution in [3.8, 4) is 5.75 Å². The second-order valence-electron chi connectivity index (χ2n) is 4.73. The molecule has 0 saturated carbocycles. The first kappa shape index (κ1) is 13.7. The summed E-state index contributed by atoms with van der Waals surface area (Å²) in [6.07, 6.45) is 1.98. The van der Waals surface area contributed by atoms with Crippen LogP contribution in [0.4, 0.5) is 5.82 Å². The van der Waals surface area contributed by atoms with Gasteiger partial charge in [0.05, 0.1) is 5.56 Å². The predicted molar refractivity (Wildman–Crippen MR) is 79.8 cm³/mol. The van der Waals surface area contributed by atoms with Crippen molar-refractivity contribution >= 4 is 23.5 Å². The molecule has 1 aliphatic heterocycles. The van der Waals surface area contributed by atoms with E-state index < -0.39 is 0 Å². The minimum atomic E-state index is -0.360. The SMILES string of the molecule is CSc1nc2c(c(=O)[nH]1)C(c1ccc(O)cc1)CC(=O)N2. The van der Waals surface area contributed by atoms with Gasteiger partial charge in [-0.1, -0.05) is 23.9 Å². The number of amides is 1. The zero-order valence-electron chi connectivity index (χ0n) is 11.2. The molecule has 6 nitrogen and oxygen atoms in total. The van der Waals surface area contributed by atoms with Crippen molar-refractivity contribution in [1.82, 2.24) is 9.97 Å². The summed E-state index contributed by atoms with van der Waals surface area (Å²) in [7, 11) is 0. The van der Waals surface area contributed by atoms with E-state index in [-0.39, 0.29) is 29.6 Å². The molecule has 2 aromatic rings. The molecule has 2 heterocycles. The minimum absolute atomic E-state index is 0.143. The molecule has 0 spiro atoms. The number of aromatic hydroxyl groups is 1. The number of hydrogen-bond donors (Lipinski definition) is 3. The van der Waals surface area contributed by atoms with Gasteiger partial charge >= 0.3 is 0 Å². The molecule has 0 saturated heterocycles. The van der Waals surface area contributed by atoms with Gasteiger partial charge in [0.25, 0.3) is 5.56 Å². The lowest BCUT2D eigenvalue weighted by Crippen LogP contribution is -2.31. The standard InChI is InChI=1S/C14H13N3O3S/c1-21-14-16-12-11(13(20)17-14)9(6-10(19)15-12)7-2-4-8(18)5-3-7/h2-5,9,18H,6H2,1H3,(H2,15,16,17,19,20). The molecule has 1 aromatic heterocycles. The van der Waals surface area contributed by atoms with Crippen molar-refractivity contribution in [3.63, 3.8) is 0 Å². The number of H-pyrrole nitrogens is 1. The number of carbonyl (C=O) groups is 1. The van der Waals surface area contributed by atoms with Crippen LogP contribution in [0.3, 0.4) is 0 Å². The highest BCUT2D eigenvalue weighted by molar-refractivity contribution is 7.98. The first-order valence-electron chi connectivity index (χ1n) is 6.35. The van der Waals surface area contributed by atoms with Gasteiger partial charge in [0.2, 0.25) is 5.91 Å². The van der Waals surface area contributed by atoms with Crippen LogP contribution in [0.5, 0.6) is 5.75 Å². The largest absolute Gasteiger partial charge is 0.508 e. The molecule has 7 heteroatoms. The number of rotatable bonds is 2. The Balaban J connectivity index is 2.15. The maximum Gasteiger partial charge on any atom is 0.257 e. The van der Waals surface area contributed by atoms with E-state index in [1.807, 2.05) is 0 Å². The van der Waals surface area contributed by atoms with Crippen LogP contribution in [0.15, 0.2) is 34.2 Å². The van der Waals surface area contributed by atoms with Crippen molar-refractivity contribution in [2.75, 3.05) is 11.6 Å². The summed E-state index contributed by atoms with van der Waals surface area (Å²) in [5.74, 6) is -0.0753. The number of aromatic nitrogens is 2. The maximum absolute atomic E-state index is 12.3. The van der Waals surface area contributed by atoms with Crippen molar-refractivity contribution in [3.05, 3.63) is 45.7 Å². The maximum atomic E-state index is 12.3. The number of hydrogen-bond acceptors (Lipinski definition) is 5. The summed E-state index contributed by atoms with van der Waals surface area (Å²) in [5.41, 5.74) is 1.01. The lowest BCUT2D eigenvalue weighted by Gasteiger charge is -2.24. The van der Waals surface area contributed by atoms with Crippen molar-refractivity contribution in [1.29, 1.82) is 0 Å². The van der Waals surface area contributed by atoms with Crippen LogP contribution in [0, 0.1) is 0 Å². The van der Waals surface area contributed by atoms with E-state index in [9.17, 15) is 14.7 Å². The fraction of sp³-hybridized carbons (Fsp3) is 0.214. The highest BCUT2D eigenvalue weighted by Crippen LogP contribution is 2.34. The molecule has 1 aliphatic rings. The van der Waals surface area contributed by atoms with E-state index in [1.165, 1.54) is 11.8 Å². The van der Waals surface area contributed by atoms with Crippen LogP contribution in [0.2, 0.25) is 0 Å². The molecule has 1 aromatic carbocycles. The van der Waals surface area contributed by atoms with Crippen molar-refractivity contribution in [2.45, 2.75) is 17.5 Å². The lowest BCUT2D eigenvalue weighted by atomic mass is 9.87. The third-order valence-electron chi connectivity index (χ3n) is 3.42. The molecule has 0 fully saturated rings. The van der Waals surface area contributed by atoms with Gasteiger partial charge in [0.15, 0.2) is 5.16 Å². The second-order valence-corrected chi connectivity index (χ2v) is 5.53. The number of phenolic OH excluding ortho intramolecular Hbond substituents is 1. The number of anilines is 1. The van der Waals surface area contributed by atoms with Gasteiger partial charge in [-0.05, 0) is 24.0 Å². The average Bonchev–Trinajstić information content (AvgIpc) is 2.46. The first-order chi connectivity index (χ1) is 10.1. The van der Waals surface area contributed by atoms with E-state index in [4.69, 9.17) is 0 Å². The van der Waals surface area contributed by atoms with E-state index >= 15 is 0 Å². The molecule has 0 radical (unpaired) electrons. The number of thioether (sulfide) groups is 1. The summed E-state index contributed by atoms with van der Waals surface area (Å²) in [5, 5.41) is 12.5. The lowest BCUT2D eigenvalue weighted by molar-refractivity contribution is -0.116. The van der Waals surface area contributed by atoms with Crippen LogP contribution in [0.25, 0.3) is 0 Å². The number of aromatic amines is 1. The Morgan fingerprint density at radius 2 is 2.00 bits per heavy atom. The van der Waals surface area contributed by atoms with Gasteiger partial charge in [0, 0.05) is 12.3 Å². The zero-order valence-corrected chi connectivity index (χ0v) is 12.0. The molecule has 0 bridgehead atoms. The molecule has 0 aliphatic carbocycles. The Morgan fingerprint density at radius 3 is 2.67 bits per heavy atom. The van der Waals surface area contributed by atoms with Gasteiger partial charge in [-0.15, -0.1) is 0 Å². The molecular formula is C14H13N3O3S. The molecule has 108 valence electrons. The summed E-state index contributed by atoms with van der Waals surface area (Å²) >= 11 is 1.30. The third-order valence-corrected chi connectivity index (χ3v) is 4.00. The van der Waals surface area contributed by atoms with Gasteiger partial charge in [-0.2, -0.15) is 0 Å². The van der Waals surface area contributed by atoms with Crippen LogP contribution in [-0.4, -0.2) is 27.2 Å². The highest BCUT2D eigenvalue weighted by Gasteiger charge is 2.30. The number of nitrogens with one attached hydrogen (secondary N) is 2. The Bertz CT molecular complexity index is 755. The monoisotopic (exact) mass is 303 g/mol. The number of phenols is 1. The van der Waals surface area contributed by atoms with Gasteiger partial charge in [0.1, 0.15) is 11.6 Å². The van der Waals surface area contributed by atoms with E-state index in [2.05, 4.69) is 15.3 Å². The average molecular weight is 303 g/mol. The van der Waals surface area contributed by atoms with Crippen LogP contribution in [-0.2, 0) is 4.79 Å². The summed E-state index contributed by atoms with van der Waals surface area (Å²) in [6.45, 7) is 0. The summed E-state index contributed by atoms with van der Waals surface area (Å²) in [6, 6.07) is 6.51.